The number of amides is 1. The molecule has 1 amide bonds. The van der Waals surface area contributed by atoms with Crippen LogP contribution in [0.4, 0.5) is 0 Å². The van der Waals surface area contributed by atoms with Gasteiger partial charge in [-0.15, -0.1) is 0 Å². The molecule has 1 aliphatic heterocycles. The fourth-order valence-electron chi connectivity index (χ4n) is 3.81. The van der Waals surface area contributed by atoms with Crippen molar-refractivity contribution in [2.45, 2.75) is 51.0 Å². The highest BCUT2D eigenvalue weighted by atomic mass is 32.2. The molecule has 0 spiro atoms. The largest absolute Gasteiger partial charge is 0.349 e. The van der Waals surface area contributed by atoms with Gasteiger partial charge in [-0.3, -0.25) is 4.79 Å². The van der Waals surface area contributed by atoms with Gasteiger partial charge in [0.2, 0.25) is 15.9 Å². The maximum Gasteiger partial charge on any atom is 0.243 e. The number of nitrogens with zero attached hydrogens (tertiary/aromatic N) is 1. The third-order valence-corrected chi connectivity index (χ3v) is 7.67. The van der Waals surface area contributed by atoms with Crippen LogP contribution in [0.15, 0.2) is 53.4 Å². The normalized spacial score (nSPS) is 18.9. The number of nitrogens with one attached hydrogen (secondary N) is 1. The first-order chi connectivity index (χ1) is 13.8. The quantitative estimate of drug-likeness (QED) is 0.778. The Bertz CT molecular complexity index is 957. The van der Waals surface area contributed by atoms with Gasteiger partial charge in [0, 0.05) is 13.1 Å². The monoisotopic (exact) mass is 414 g/mol. The summed E-state index contributed by atoms with van der Waals surface area (Å²) in [5, 5.41) is 3.15. The van der Waals surface area contributed by atoms with Crippen LogP contribution in [0.25, 0.3) is 0 Å². The summed E-state index contributed by atoms with van der Waals surface area (Å²) >= 11 is 0. The maximum atomic E-state index is 13.0. The van der Waals surface area contributed by atoms with Gasteiger partial charge in [-0.2, -0.15) is 4.31 Å². The second kappa shape index (κ2) is 9.09. The molecule has 0 saturated carbocycles. The Kier molecular flexibility index (Phi) is 6.75. The Balaban J connectivity index is 1.71. The van der Waals surface area contributed by atoms with Gasteiger partial charge in [0.05, 0.1) is 16.9 Å². The smallest absolute Gasteiger partial charge is 0.243 e. The molecule has 0 aromatic heterocycles. The molecule has 0 aliphatic carbocycles. The van der Waals surface area contributed by atoms with Crippen molar-refractivity contribution in [2.75, 3.05) is 13.1 Å². The lowest BCUT2D eigenvalue weighted by Crippen LogP contribution is -2.46. The zero-order valence-corrected chi connectivity index (χ0v) is 18.2. The average molecular weight is 415 g/mol. The van der Waals surface area contributed by atoms with Crippen molar-refractivity contribution in [3.63, 3.8) is 0 Å². The molecule has 2 atom stereocenters. The molecule has 0 bridgehead atoms. The summed E-state index contributed by atoms with van der Waals surface area (Å²) in [6, 6.07) is 14.6. The van der Waals surface area contributed by atoms with Crippen LogP contribution in [-0.2, 0) is 14.8 Å². The number of benzene rings is 2. The summed E-state index contributed by atoms with van der Waals surface area (Å²) in [7, 11) is -3.57. The number of piperidine rings is 1. The van der Waals surface area contributed by atoms with E-state index in [1.807, 2.05) is 6.92 Å². The minimum Gasteiger partial charge on any atom is -0.349 e. The van der Waals surface area contributed by atoms with Gasteiger partial charge >= 0.3 is 0 Å². The van der Waals surface area contributed by atoms with Crippen molar-refractivity contribution < 1.29 is 13.2 Å². The van der Waals surface area contributed by atoms with Gasteiger partial charge < -0.3 is 5.32 Å². The number of rotatable bonds is 6. The lowest BCUT2D eigenvalue weighted by atomic mass is 9.96. The van der Waals surface area contributed by atoms with E-state index in [0.717, 1.165) is 12.0 Å². The van der Waals surface area contributed by atoms with Crippen LogP contribution in [0.2, 0.25) is 0 Å². The van der Waals surface area contributed by atoms with E-state index < -0.39 is 10.0 Å². The Morgan fingerprint density at radius 1 is 1.14 bits per heavy atom. The number of carbonyl (C=O) groups excluding carboxylic acids is 1. The first-order valence-corrected chi connectivity index (χ1v) is 11.7. The van der Waals surface area contributed by atoms with Crippen LogP contribution in [-0.4, -0.2) is 31.7 Å². The standard InChI is InChI=1S/C23H30N2O3S/c1-4-22(19-13-12-17(2)18(3)15-19)24-23(26)20-9-8-14-25(16-20)29(27,28)21-10-6-5-7-11-21/h5-7,10-13,15,20,22H,4,8-9,14,16H2,1-3H3,(H,24,26)/t20-,22+/m1/s1. The fourth-order valence-corrected chi connectivity index (χ4v) is 5.35. The predicted molar refractivity (Wildman–Crippen MR) is 115 cm³/mol. The minimum absolute atomic E-state index is 0.0666. The van der Waals surface area contributed by atoms with Crippen molar-refractivity contribution in [3.05, 3.63) is 65.2 Å². The van der Waals surface area contributed by atoms with Crippen molar-refractivity contribution in [3.8, 4) is 0 Å². The Morgan fingerprint density at radius 2 is 1.86 bits per heavy atom. The third-order valence-electron chi connectivity index (χ3n) is 5.79. The van der Waals surface area contributed by atoms with Crippen molar-refractivity contribution in [2.24, 2.45) is 5.92 Å². The highest BCUT2D eigenvalue weighted by molar-refractivity contribution is 7.89. The molecule has 2 aromatic carbocycles. The van der Waals surface area contributed by atoms with E-state index in [9.17, 15) is 13.2 Å². The summed E-state index contributed by atoms with van der Waals surface area (Å²) in [5.74, 6) is -0.397. The average Bonchev–Trinajstić information content (AvgIpc) is 2.74. The Hall–Kier alpha value is -2.18. The number of carbonyl (C=O) groups is 1. The van der Waals surface area contributed by atoms with Crippen molar-refractivity contribution in [1.29, 1.82) is 0 Å². The maximum absolute atomic E-state index is 13.0. The zero-order valence-electron chi connectivity index (χ0n) is 17.4. The van der Waals surface area contributed by atoms with Crippen LogP contribution in [0, 0.1) is 19.8 Å². The SMILES string of the molecule is CC[C@H](NC(=O)[C@@H]1CCCN(S(=O)(=O)c2ccccc2)C1)c1ccc(C)c(C)c1. The third kappa shape index (κ3) is 4.87. The minimum atomic E-state index is -3.57. The van der Waals surface area contributed by atoms with Gasteiger partial charge in [0.15, 0.2) is 0 Å². The van der Waals surface area contributed by atoms with Crippen molar-refractivity contribution in [1.82, 2.24) is 9.62 Å². The van der Waals surface area contributed by atoms with Gasteiger partial charge in [0.25, 0.3) is 0 Å². The number of hydrogen-bond acceptors (Lipinski definition) is 3. The molecule has 5 nitrogen and oxygen atoms in total. The molecule has 1 N–H and O–H groups in total. The highest BCUT2D eigenvalue weighted by Crippen LogP contribution is 2.26. The van der Waals surface area contributed by atoms with Crippen molar-refractivity contribution >= 4 is 15.9 Å². The van der Waals surface area contributed by atoms with E-state index in [-0.39, 0.29) is 29.3 Å². The highest BCUT2D eigenvalue weighted by Gasteiger charge is 2.33. The van der Waals surface area contributed by atoms with Gasteiger partial charge in [0.1, 0.15) is 0 Å². The molecule has 1 fully saturated rings. The molecule has 2 aromatic rings. The van der Waals surface area contributed by atoms with E-state index in [2.05, 4.69) is 37.4 Å². The summed E-state index contributed by atoms with van der Waals surface area (Å²) in [6.07, 6.45) is 2.17. The van der Waals surface area contributed by atoms with E-state index in [0.29, 0.717) is 19.4 Å². The van der Waals surface area contributed by atoms with E-state index in [4.69, 9.17) is 0 Å². The van der Waals surface area contributed by atoms with Gasteiger partial charge in [-0.25, -0.2) is 8.42 Å². The Labute approximate surface area is 174 Å². The molecule has 1 aliphatic rings. The van der Waals surface area contributed by atoms with Crippen LogP contribution >= 0.6 is 0 Å². The Morgan fingerprint density at radius 3 is 2.52 bits per heavy atom. The van der Waals surface area contributed by atoms with Gasteiger partial charge in [-0.1, -0.05) is 43.3 Å². The molecule has 3 rings (SSSR count). The summed E-state index contributed by atoms with van der Waals surface area (Å²) in [6.45, 7) is 6.87. The molecular weight excluding hydrogens is 384 g/mol. The molecule has 0 unspecified atom stereocenters. The van der Waals surface area contributed by atoms with E-state index in [1.165, 1.54) is 15.4 Å². The topological polar surface area (TPSA) is 66.5 Å². The van der Waals surface area contributed by atoms with Crippen LogP contribution in [0.3, 0.4) is 0 Å². The zero-order chi connectivity index (χ0) is 21.0. The predicted octanol–water partition coefficient (Wildman–Crippen LogP) is 3.97. The summed E-state index contributed by atoms with van der Waals surface area (Å²) < 4.78 is 27.3. The number of sulfonamides is 1. The molecule has 156 valence electrons. The molecule has 0 radical (unpaired) electrons. The summed E-state index contributed by atoms with van der Waals surface area (Å²) in [4.78, 5) is 13.2. The first-order valence-electron chi connectivity index (χ1n) is 10.3. The van der Waals surface area contributed by atoms with Crippen LogP contribution in [0.5, 0.6) is 0 Å². The molecule has 6 heteroatoms. The molecule has 29 heavy (non-hydrogen) atoms. The van der Waals surface area contributed by atoms with Crippen LogP contribution in [0.1, 0.15) is 48.9 Å². The number of hydrogen-bond donors (Lipinski definition) is 1. The second-order valence-electron chi connectivity index (χ2n) is 7.83. The molecule has 1 saturated heterocycles. The number of aryl methyl sites for hydroxylation is 2. The van der Waals surface area contributed by atoms with Crippen LogP contribution < -0.4 is 5.32 Å². The van der Waals surface area contributed by atoms with E-state index >= 15 is 0 Å². The second-order valence-corrected chi connectivity index (χ2v) is 9.77. The first kappa shape index (κ1) is 21.5. The lowest BCUT2D eigenvalue weighted by molar-refractivity contribution is -0.126. The van der Waals surface area contributed by atoms with E-state index in [1.54, 1.807) is 30.3 Å². The molecular formula is C23H30N2O3S. The summed E-state index contributed by atoms with van der Waals surface area (Å²) in [5.41, 5.74) is 3.52. The molecule has 1 heterocycles. The van der Waals surface area contributed by atoms with Gasteiger partial charge in [-0.05, 0) is 61.9 Å². The lowest BCUT2D eigenvalue weighted by Gasteiger charge is -2.32. The fraction of sp³-hybridized carbons (Fsp3) is 0.435.